The van der Waals surface area contributed by atoms with Crippen LogP contribution in [0.4, 0.5) is 8.78 Å². The molecule has 1 aliphatic rings. The molecule has 0 fully saturated rings. The van der Waals surface area contributed by atoms with Crippen LogP contribution < -0.4 is 0 Å². The number of halogens is 2. The Balaban J connectivity index is 2.10. The summed E-state index contributed by atoms with van der Waals surface area (Å²) in [5.74, 6) is -3.12. The van der Waals surface area contributed by atoms with E-state index in [1.54, 1.807) is 12.1 Å². The Morgan fingerprint density at radius 3 is 2.76 bits per heavy atom. The van der Waals surface area contributed by atoms with E-state index in [4.69, 9.17) is 0 Å². The minimum atomic E-state index is -1.00. The SMILES string of the molecule is O=C1c2cccnc2C(O)CCC1c1cccc(F)c1F. The maximum atomic E-state index is 14.0. The molecule has 2 aromatic rings. The van der Waals surface area contributed by atoms with Crippen molar-refractivity contribution in [2.45, 2.75) is 24.9 Å². The maximum Gasteiger partial charge on any atom is 0.172 e. The molecule has 2 unspecified atom stereocenters. The molecule has 1 N–H and O–H groups in total. The number of aromatic nitrogens is 1. The second-order valence-electron chi connectivity index (χ2n) is 5.09. The second kappa shape index (κ2) is 5.33. The van der Waals surface area contributed by atoms with Crippen molar-refractivity contribution in [3.05, 3.63) is 65.0 Å². The average molecular weight is 289 g/mol. The molecule has 0 spiro atoms. The summed E-state index contributed by atoms with van der Waals surface area (Å²) < 4.78 is 27.3. The Morgan fingerprint density at radius 2 is 1.95 bits per heavy atom. The first-order chi connectivity index (χ1) is 10.1. The molecule has 5 heteroatoms. The van der Waals surface area contributed by atoms with Gasteiger partial charge in [-0.2, -0.15) is 0 Å². The molecule has 2 atom stereocenters. The highest BCUT2D eigenvalue weighted by atomic mass is 19.2. The molecule has 0 saturated heterocycles. The van der Waals surface area contributed by atoms with Gasteiger partial charge in [0.1, 0.15) is 0 Å². The predicted molar refractivity (Wildman–Crippen MR) is 71.9 cm³/mol. The third kappa shape index (κ3) is 2.34. The molecule has 1 heterocycles. The molecule has 0 bridgehead atoms. The number of hydrogen-bond acceptors (Lipinski definition) is 3. The van der Waals surface area contributed by atoms with Crippen molar-refractivity contribution < 1.29 is 18.7 Å². The first kappa shape index (κ1) is 13.8. The number of pyridine rings is 1. The lowest BCUT2D eigenvalue weighted by Gasteiger charge is -2.15. The van der Waals surface area contributed by atoms with Crippen LogP contribution in [0.25, 0.3) is 0 Å². The summed E-state index contributed by atoms with van der Waals surface area (Å²) in [6.45, 7) is 0. The highest BCUT2D eigenvalue weighted by Crippen LogP contribution is 2.36. The highest BCUT2D eigenvalue weighted by molar-refractivity contribution is 6.02. The van der Waals surface area contributed by atoms with E-state index in [2.05, 4.69) is 4.98 Å². The van der Waals surface area contributed by atoms with Gasteiger partial charge in [0.25, 0.3) is 0 Å². The highest BCUT2D eigenvalue weighted by Gasteiger charge is 2.33. The number of ketones is 1. The van der Waals surface area contributed by atoms with Crippen molar-refractivity contribution in [3.8, 4) is 0 Å². The number of aliphatic hydroxyl groups excluding tert-OH is 1. The number of carbonyl (C=O) groups is 1. The number of nitrogens with zero attached hydrogens (tertiary/aromatic N) is 1. The average Bonchev–Trinajstić information content (AvgIpc) is 2.62. The van der Waals surface area contributed by atoms with Crippen LogP contribution in [0, 0.1) is 11.6 Å². The summed E-state index contributed by atoms with van der Waals surface area (Å²) in [7, 11) is 0. The molecule has 0 amide bonds. The Labute approximate surface area is 120 Å². The summed E-state index contributed by atoms with van der Waals surface area (Å²) in [6.07, 6.45) is 1.15. The lowest BCUT2D eigenvalue weighted by Crippen LogP contribution is -2.14. The Kier molecular flexibility index (Phi) is 3.51. The molecule has 108 valence electrons. The van der Waals surface area contributed by atoms with Crippen molar-refractivity contribution in [1.82, 2.24) is 4.98 Å². The van der Waals surface area contributed by atoms with Gasteiger partial charge in [0.2, 0.25) is 0 Å². The topological polar surface area (TPSA) is 50.2 Å². The fourth-order valence-corrected chi connectivity index (χ4v) is 2.76. The smallest absolute Gasteiger partial charge is 0.172 e. The van der Waals surface area contributed by atoms with E-state index >= 15 is 0 Å². The summed E-state index contributed by atoms with van der Waals surface area (Å²) >= 11 is 0. The predicted octanol–water partition coefficient (Wildman–Crippen LogP) is 3.15. The number of aliphatic hydroxyl groups is 1. The minimum absolute atomic E-state index is 0.0314. The number of rotatable bonds is 1. The zero-order valence-electron chi connectivity index (χ0n) is 11.1. The number of fused-ring (bicyclic) bond motifs is 1. The Morgan fingerprint density at radius 1 is 1.14 bits per heavy atom. The van der Waals surface area contributed by atoms with Gasteiger partial charge < -0.3 is 5.11 Å². The molecule has 1 aromatic carbocycles. The van der Waals surface area contributed by atoms with E-state index < -0.39 is 23.7 Å². The van der Waals surface area contributed by atoms with Crippen LogP contribution in [-0.2, 0) is 0 Å². The van der Waals surface area contributed by atoms with Gasteiger partial charge in [-0.1, -0.05) is 12.1 Å². The summed E-state index contributed by atoms with van der Waals surface area (Å²) in [5.41, 5.74) is 0.613. The zero-order chi connectivity index (χ0) is 15.0. The van der Waals surface area contributed by atoms with Gasteiger partial charge in [-0.25, -0.2) is 8.78 Å². The standard InChI is InChI=1S/C16H13F2NO2/c17-12-5-1-3-9(14(12)18)10-6-7-13(20)15-11(16(10)21)4-2-8-19-15/h1-5,8,10,13,20H,6-7H2. The van der Waals surface area contributed by atoms with E-state index in [1.807, 2.05) is 0 Å². The van der Waals surface area contributed by atoms with E-state index in [0.717, 1.165) is 6.07 Å². The third-order valence-electron chi connectivity index (χ3n) is 3.82. The lowest BCUT2D eigenvalue weighted by atomic mass is 9.88. The molecule has 21 heavy (non-hydrogen) atoms. The quantitative estimate of drug-likeness (QED) is 0.820. The van der Waals surface area contributed by atoms with E-state index in [0.29, 0.717) is 5.69 Å². The lowest BCUT2D eigenvalue weighted by molar-refractivity contribution is 0.0954. The van der Waals surface area contributed by atoms with Gasteiger partial charge >= 0.3 is 0 Å². The number of hydrogen-bond donors (Lipinski definition) is 1. The van der Waals surface area contributed by atoms with Crippen LogP contribution in [0.5, 0.6) is 0 Å². The van der Waals surface area contributed by atoms with E-state index in [-0.39, 0.29) is 29.8 Å². The monoisotopic (exact) mass is 289 g/mol. The van der Waals surface area contributed by atoms with Gasteiger partial charge in [-0.15, -0.1) is 0 Å². The summed E-state index contributed by atoms with van der Waals surface area (Å²) in [5, 5.41) is 10.1. The summed E-state index contributed by atoms with van der Waals surface area (Å²) in [6, 6.07) is 6.96. The third-order valence-corrected chi connectivity index (χ3v) is 3.82. The molecule has 3 nitrogen and oxygen atoms in total. The molecule has 0 aliphatic heterocycles. The van der Waals surface area contributed by atoms with Gasteiger partial charge in [-0.05, 0) is 31.0 Å². The second-order valence-corrected chi connectivity index (χ2v) is 5.09. The summed E-state index contributed by atoms with van der Waals surface area (Å²) in [4.78, 5) is 16.6. The van der Waals surface area contributed by atoms with Crippen LogP contribution in [0.3, 0.4) is 0 Å². The van der Waals surface area contributed by atoms with Crippen molar-refractivity contribution in [2.24, 2.45) is 0 Å². The maximum absolute atomic E-state index is 14.0. The minimum Gasteiger partial charge on any atom is -0.387 e. The largest absolute Gasteiger partial charge is 0.387 e. The molecule has 1 aromatic heterocycles. The van der Waals surface area contributed by atoms with Crippen LogP contribution in [0.2, 0.25) is 0 Å². The molecule has 0 radical (unpaired) electrons. The molecular weight excluding hydrogens is 276 g/mol. The van der Waals surface area contributed by atoms with Crippen molar-refractivity contribution >= 4 is 5.78 Å². The number of carbonyl (C=O) groups excluding carboxylic acids is 1. The molecular formula is C16H13F2NO2. The number of benzene rings is 1. The normalized spacial score (nSPS) is 21.8. The van der Waals surface area contributed by atoms with Crippen molar-refractivity contribution in [3.63, 3.8) is 0 Å². The van der Waals surface area contributed by atoms with Crippen LogP contribution in [0.15, 0.2) is 36.5 Å². The Bertz CT molecular complexity index is 702. The van der Waals surface area contributed by atoms with Gasteiger partial charge in [-0.3, -0.25) is 9.78 Å². The first-order valence-corrected chi connectivity index (χ1v) is 6.70. The van der Waals surface area contributed by atoms with Crippen molar-refractivity contribution in [1.29, 1.82) is 0 Å². The molecule has 1 aliphatic carbocycles. The number of Topliss-reactive ketones (excluding diaryl/α,β-unsaturated/α-hetero) is 1. The van der Waals surface area contributed by atoms with Gasteiger partial charge in [0.05, 0.1) is 17.7 Å². The van der Waals surface area contributed by atoms with E-state index in [9.17, 15) is 18.7 Å². The zero-order valence-corrected chi connectivity index (χ0v) is 11.1. The van der Waals surface area contributed by atoms with Crippen LogP contribution in [-0.4, -0.2) is 15.9 Å². The van der Waals surface area contributed by atoms with Crippen molar-refractivity contribution in [2.75, 3.05) is 0 Å². The van der Waals surface area contributed by atoms with Gasteiger partial charge in [0.15, 0.2) is 17.4 Å². The molecule has 0 saturated carbocycles. The van der Waals surface area contributed by atoms with Gasteiger partial charge in [0, 0.05) is 17.3 Å². The fourth-order valence-electron chi connectivity index (χ4n) is 2.76. The van der Waals surface area contributed by atoms with Crippen LogP contribution >= 0.6 is 0 Å². The molecule has 3 rings (SSSR count). The van der Waals surface area contributed by atoms with Crippen LogP contribution in [0.1, 0.15) is 46.5 Å². The first-order valence-electron chi connectivity index (χ1n) is 6.70. The Hall–Kier alpha value is -2.14. The fraction of sp³-hybridized carbons (Fsp3) is 0.250. The van der Waals surface area contributed by atoms with E-state index in [1.165, 1.54) is 18.3 Å².